The molecule has 2 nitrogen and oxygen atoms in total. The summed E-state index contributed by atoms with van der Waals surface area (Å²) in [6.07, 6.45) is 12.9. The third kappa shape index (κ3) is 4.97. The molecule has 1 aromatic rings. The smallest absolute Gasteiger partial charge is 0.160 e. The van der Waals surface area contributed by atoms with E-state index in [1.807, 2.05) is 12.1 Å². The minimum atomic E-state index is -0.144. The summed E-state index contributed by atoms with van der Waals surface area (Å²) in [5.74, 6) is 3.33. The zero-order chi connectivity index (χ0) is 19.3. The van der Waals surface area contributed by atoms with Gasteiger partial charge >= 0.3 is 0 Å². The minimum Gasteiger partial charge on any atom is -0.352 e. The van der Waals surface area contributed by atoms with Crippen LogP contribution in [0.5, 0.6) is 0 Å². The summed E-state index contributed by atoms with van der Waals surface area (Å²) in [7, 11) is 0. The normalized spacial score (nSPS) is 36.9. The SMILES string of the molecule is CCCC1CCC(C2COC(C3CCC(c4ccc(F)cc4)CC3)OC2)CC1. The average molecular weight is 389 g/mol. The van der Waals surface area contributed by atoms with Crippen LogP contribution >= 0.6 is 0 Å². The summed E-state index contributed by atoms with van der Waals surface area (Å²) >= 11 is 0. The molecule has 0 N–H and O–H groups in total. The standard InChI is InChI=1S/C25H37FO2/c1-2-3-18-4-6-21(7-5-18)23-16-27-25(28-17-23)22-10-8-19(9-11-22)20-12-14-24(26)15-13-20/h12-15,18-19,21-23,25H,2-11,16-17H2,1H3. The van der Waals surface area contributed by atoms with Crippen LogP contribution in [0, 0.1) is 29.5 Å². The van der Waals surface area contributed by atoms with Crippen LogP contribution in [0.15, 0.2) is 24.3 Å². The van der Waals surface area contributed by atoms with Gasteiger partial charge in [-0.1, -0.05) is 44.7 Å². The summed E-state index contributed by atoms with van der Waals surface area (Å²) in [5.41, 5.74) is 1.28. The highest BCUT2D eigenvalue weighted by atomic mass is 19.1. The van der Waals surface area contributed by atoms with Gasteiger partial charge in [-0.15, -0.1) is 0 Å². The Kier molecular flexibility index (Phi) is 7.06. The molecule has 3 aliphatic rings. The molecule has 3 heteroatoms. The van der Waals surface area contributed by atoms with E-state index in [1.54, 1.807) is 12.1 Å². The molecule has 0 aromatic heterocycles. The number of rotatable bonds is 5. The van der Waals surface area contributed by atoms with Crippen molar-refractivity contribution in [1.29, 1.82) is 0 Å². The Labute approximate surface area is 170 Å². The first-order valence-corrected chi connectivity index (χ1v) is 11.7. The Hall–Kier alpha value is -0.930. The quantitative estimate of drug-likeness (QED) is 0.559. The van der Waals surface area contributed by atoms with Crippen molar-refractivity contribution in [3.05, 3.63) is 35.6 Å². The summed E-state index contributed by atoms with van der Waals surface area (Å²) in [5, 5.41) is 0. The van der Waals surface area contributed by atoms with Gasteiger partial charge in [0, 0.05) is 11.8 Å². The van der Waals surface area contributed by atoms with Crippen molar-refractivity contribution in [1.82, 2.24) is 0 Å². The van der Waals surface area contributed by atoms with Crippen LogP contribution in [0.3, 0.4) is 0 Å². The lowest BCUT2D eigenvalue weighted by Gasteiger charge is -2.41. The third-order valence-electron chi connectivity index (χ3n) is 7.70. The van der Waals surface area contributed by atoms with Crippen LogP contribution in [0.4, 0.5) is 4.39 Å². The highest BCUT2D eigenvalue weighted by Crippen LogP contribution is 2.41. The van der Waals surface area contributed by atoms with Crippen molar-refractivity contribution in [3.63, 3.8) is 0 Å². The first-order chi connectivity index (χ1) is 13.7. The third-order valence-corrected chi connectivity index (χ3v) is 7.70. The van der Waals surface area contributed by atoms with Crippen molar-refractivity contribution >= 4 is 0 Å². The fraction of sp³-hybridized carbons (Fsp3) is 0.760. The van der Waals surface area contributed by atoms with E-state index in [0.717, 1.165) is 50.7 Å². The number of hydrogen-bond acceptors (Lipinski definition) is 2. The lowest BCUT2D eigenvalue weighted by molar-refractivity contribution is -0.236. The molecule has 1 saturated heterocycles. The molecule has 1 aromatic carbocycles. The highest BCUT2D eigenvalue weighted by molar-refractivity contribution is 5.20. The van der Waals surface area contributed by atoms with Crippen molar-refractivity contribution < 1.29 is 13.9 Å². The molecular weight excluding hydrogens is 351 g/mol. The monoisotopic (exact) mass is 388 g/mol. The summed E-state index contributed by atoms with van der Waals surface area (Å²) in [6.45, 7) is 4.10. The van der Waals surface area contributed by atoms with E-state index in [0.29, 0.717) is 17.8 Å². The summed E-state index contributed by atoms with van der Waals surface area (Å²) in [4.78, 5) is 0. The van der Waals surface area contributed by atoms with Crippen LogP contribution in [0.1, 0.15) is 82.6 Å². The van der Waals surface area contributed by atoms with Gasteiger partial charge in [0.15, 0.2) is 6.29 Å². The first kappa shape index (κ1) is 20.3. The Bertz CT molecular complexity index is 577. The van der Waals surface area contributed by atoms with Gasteiger partial charge < -0.3 is 9.47 Å². The van der Waals surface area contributed by atoms with Crippen molar-refractivity contribution in [2.24, 2.45) is 23.7 Å². The van der Waals surface area contributed by atoms with E-state index >= 15 is 0 Å². The Balaban J connectivity index is 1.19. The van der Waals surface area contributed by atoms with Gasteiger partial charge in [0.25, 0.3) is 0 Å². The van der Waals surface area contributed by atoms with Crippen LogP contribution in [-0.4, -0.2) is 19.5 Å². The maximum atomic E-state index is 13.1. The molecular formula is C25H37FO2. The molecule has 0 spiro atoms. The van der Waals surface area contributed by atoms with E-state index in [1.165, 1.54) is 44.1 Å². The number of hydrogen-bond donors (Lipinski definition) is 0. The Morgan fingerprint density at radius 1 is 0.786 bits per heavy atom. The van der Waals surface area contributed by atoms with E-state index in [9.17, 15) is 4.39 Å². The zero-order valence-electron chi connectivity index (χ0n) is 17.5. The Morgan fingerprint density at radius 2 is 1.39 bits per heavy atom. The van der Waals surface area contributed by atoms with Crippen molar-refractivity contribution in [2.45, 2.75) is 83.3 Å². The topological polar surface area (TPSA) is 18.5 Å². The maximum absolute atomic E-state index is 13.1. The molecule has 0 bridgehead atoms. The van der Waals surface area contributed by atoms with Gasteiger partial charge in [0.1, 0.15) is 5.82 Å². The molecule has 0 radical (unpaired) electrons. The molecule has 4 rings (SSSR count). The van der Waals surface area contributed by atoms with Crippen LogP contribution in [0.25, 0.3) is 0 Å². The van der Waals surface area contributed by atoms with Gasteiger partial charge in [-0.2, -0.15) is 0 Å². The van der Waals surface area contributed by atoms with E-state index in [4.69, 9.17) is 9.47 Å². The second-order valence-corrected chi connectivity index (χ2v) is 9.53. The fourth-order valence-corrected chi connectivity index (χ4v) is 5.89. The highest BCUT2D eigenvalue weighted by Gasteiger charge is 2.36. The fourth-order valence-electron chi connectivity index (χ4n) is 5.89. The molecule has 0 unspecified atom stereocenters. The molecule has 0 amide bonds. The van der Waals surface area contributed by atoms with Gasteiger partial charge in [-0.3, -0.25) is 0 Å². The molecule has 3 fully saturated rings. The molecule has 1 aliphatic heterocycles. The van der Waals surface area contributed by atoms with Crippen molar-refractivity contribution in [2.75, 3.05) is 13.2 Å². The molecule has 156 valence electrons. The van der Waals surface area contributed by atoms with Gasteiger partial charge in [-0.05, 0) is 74.0 Å². The van der Waals surface area contributed by atoms with Crippen LogP contribution in [0.2, 0.25) is 0 Å². The van der Waals surface area contributed by atoms with Crippen molar-refractivity contribution in [3.8, 4) is 0 Å². The van der Waals surface area contributed by atoms with Gasteiger partial charge in [0.2, 0.25) is 0 Å². The lowest BCUT2D eigenvalue weighted by Crippen LogP contribution is -2.41. The second-order valence-electron chi connectivity index (χ2n) is 9.53. The number of halogens is 1. The molecule has 2 aliphatic carbocycles. The van der Waals surface area contributed by atoms with E-state index < -0.39 is 0 Å². The average Bonchev–Trinajstić information content (AvgIpc) is 2.75. The van der Waals surface area contributed by atoms with E-state index in [-0.39, 0.29) is 12.1 Å². The summed E-state index contributed by atoms with van der Waals surface area (Å²) in [6, 6.07) is 7.08. The maximum Gasteiger partial charge on any atom is 0.160 e. The predicted molar refractivity (Wildman–Crippen MR) is 111 cm³/mol. The van der Waals surface area contributed by atoms with Crippen LogP contribution < -0.4 is 0 Å². The van der Waals surface area contributed by atoms with Gasteiger partial charge in [0.05, 0.1) is 13.2 Å². The molecule has 28 heavy (non-hydrogen) atoms. The number of ether oxygens (including phenoxy) is 2. The van der Waals surface area contributed by atoms with Gasteiger partial charge in [-0.25, -0.2) is 4.39 Å². The zero-order valence-corrected chi connectivity index (χ0v) is 17.5. The lowest BCUT2D eigenvalue weighted by atomic mass is 9.74. The molecule has 0 atom stereocenters. The molecule has 1 heterocycles. The molecule has 2 saturated carbocycles. The summed E-state index contributed by atoms with van der Waals surface area (Å²) < 4.78 is 25.6. The predicted octanol–water partition coefficient (Wildman–Crippen LogP) is 6.70. The number of benzene rings is 1. The first-order valence-electron chi connectivity index (χ1n) is 11.7. The minimum absolute atomic E-state index is 0.00171. The Morgan fingerprint density at radius 3 is 2.00 bits per heavy atom. The largest absolute Gasteiger partial charge is 0.352 e. The second kappa shape index (κ2) is 9.71. The van der Waals surface area contributed by atoms with Crippen LogP contribution in [-0.2, 0) is 9.47 Å². The van der Waals surface area contributed by atoms with E-state index in [2.05, 4.69) is 6.92 Å².